The van der Waals surface area contributed by atoms with Crippen molar-refractivity contribution in [1.82, 2.24) is 15.2 Å². The lowest BCUT2D eigenvalue weighted by molar-refractivity contribution is -0.115. The molecule has 2 aliphatic rings. The van der Waals surface area contributed by atoms with E-state index in [9.17, 15) is 9.59 Å². The van der Waals surface area contributed by atoms with E-state index in [1.165, 1.54) is 35.5 Å². The number of nitrogens with one attached hydrogen (secondary N) is 1. The van der Waals surface area contributed by atoms with Gasteiger partial charge in [0, 0.05) is 31.6 Å². The van der Waals surface area contributed by atoms with E-state index in [0.29, 0.717) is 38.2 Å². The highest BCUT2D eigenvalue weighted by molar-refractivity contribution is 8.18. The number of hydrogen-bond donors (Lipinski definition) is 1. The van der Waals surface area contributed by atoms with Crippen LogP contribution in [0, 0.1) is 0 Å². The van der Waals surface area contributed by atoms with E-state index in [2.05, 4.69) is 22.4 Å². The van der Waals surface area contributed by atoms with Crippen LogP contribution >= 0.6 is 11.8 Å². The minimum atomic E-state index is -0.185. The molecule has 2 heterocycles. The van der Waals surface area contributed by atoms with Gasteiger partial charge in [-0.05, 0) is 47.5 Å². The van der Waals surface area contributed by atoms with Crippen LogP contribution in [0.3, 0.4) is 0 Å². The molecule has 1 aromatic heterocycles. The zero-order valence-electron chi connectivity index (χ0n) is 19.1. The first-order valence-electron chi connectivity index (χ1n) is 11.0. The summed E-state index contributed by atoms with van der Waals surface area (Å²) < 4.78 is 5.58. The van der Waals surface area contributed by atoms with Gasteiger partial charge in [-0.2, -0.15) is 0 Å². The van der Waals surface area contributed by atoms with E-state index in [0.717, 1.165) is 12.0 Å². The van der Waals surface area contributed by atoms with Crippen molar-refractivity contribution in [3.8, 4) is 5.75 Å². The summed E-state index contributed by atoms with van der Waals surface area (Å²) in [6.45, 7) is 0. The van der Waals surface area contributed by atoms with Gasteiger partial charge < -0.3 is 15.0 Å². The lowest BCUT2D eigenvalue weighted by Gasteiger charge is -2.15. The topological polar surface area (TPSA) is 83.9 Å². The summed E-state index contributed by atoms with van der Waals surface area (Å²) in [4.78, 5) is 36.3. The van der Waals surface area contributed by atoms with Crippen molar-refractivity contribution in [2.75, 3.05) is 21.2 Å². The Hall–Kier alpha value is -3.65. The number of amidine groups is 1. The molecule has 0 spiro atoms. The van der Waals surface area contributed by atoms with Gasteiger partial charge in [-0.25, -0.2) is 0 Å². The minimum Gasteiger partial charge on any atom is -0.495 e. The van der Waals surface area contributed by atoms with Gasteiger partial charge in [0.25, 0.3) is 11.8 Å². The second-order valence-electron chi connectivity index (χ2n) is 8.50. The Balaban J connectivity index is 1.40. The predicted octanol–water partition coefficient (Wildman–Crippen LogP) is 4.06. The molecule has 3 aromatic rings. The Labute approximate surface area is 201 Å². The second kappa shape index (κ2) is 8.95. The molecular weight excluding hydrogens is 448 g/mol. The number of fused-ring (bicyclic) bond motifs is 1. The molecule has 1 aliphatic carbocycles. The van der Waals surface area contributed by atoms with Gasteiger partial charge in [0.05, 0.1) is 23.6 Å². The van der Waals surface area contributed by atoms with E-state index in [1.54, 1.807) is 14.1 Å². The van der Waals surface area contributed by atoms with Gasteiger partial charge in [-0.1, -0.05) is 36.4 Å². The molecule has 1 N–H and O–H groups in total. The molecule has 34 heavy (non-hydrogen) atoms. The highest BCUT2D eigenvalue weighted by atomic mass is 32.2. The normalized spacial score (nSPS) is 21.7. The van der Waals surface area contributed by atoms with Crippen LogP contribution in [0.15, 0.2) is 64.6 Å². The first-order chi connectivity index (χ1) is 16.4. The number of thioether (sulfide) groups is 1. The maximum Gasteiger partial charge on any atom is 0.264 e. The number of benzene rings is 2. The molecule has 1 saturated carbocycles. The average molecular weight is 473 g/mol. The lowest BCUT2D eigenvalue weighted by Crippen LogP contribution is -2.22. The fraction of sp³-hybridized carbons (Fsp3) is 0.231. The summed E-state index contributed by atoms with van der Waals surface area (Å²) in [5, 5.41) is 4.23. The summed E-state index contributed by atoms with van der Waals surface area (Å²) in [5.41, 5.74) is 3.20. The van der Waals surface area contributed by atoms with Gasteiger partial charge in [0.15, 0.2) is 5.17 Å². The number of aromatic nitrogens is 1. The van der Waals surface area contributed by atoms with Gasteiger partial charge in [-0.3, -0.25) is 19.6 Å². The van der Waals surface area contributed by atoms with E-state index in [4.69, 9.17) is 9.73 Å². The van der Waals surface area contributed by atoms with E-state index >= 15 is 0 Å². The zero-order chi connectivity index (χ0) is 23.8. The molecule has 2 fully saturated rings. The summed E-state index contributed by atoms with van der Waals surface area (Å²) >= 11 is 1.35. The van der Waals surface area contributed by atoms with Crippen molar-refractivity contribution in [2.45, 2.75) is 18.4 Å². The zero-order valence-corrected chi connectivity index (χ0v) is 19.9. The molecule has 2 aromatic carbocycles. The van der Waals surface area contributed by atoms with Crippen LogP contribution in [0.4, 0.5) is 0 Å². The number of carbonyl (C=O) groups excluding carboxylic acids is 2. The molecule has 8 heteroatoms. The molecule has 5 rings (SSSR count). The number of ether oxygens (including phenoxy) is 1. The maximum absolute atomic E-state index is 12.6. The molecule has 1 unspecified atom stereocenters. The number of rotatable bonds is 5. The molecule has 172 valence electrons. The summed E-state index contributed by atoms with van der Waals surface area (Å²) in [5.74, 6) is 0.534. The summed E-state index contributed by atoms with van der Waals surface area (Å²) in [6, 6.07) is 16.2. The van der Waals surface area contributed by atoms with Crippen molar-refractivity contribution >= 4 is 45.7 Å². The number of carbonyl (C=O) groups is 2. The minimum absolute atomic E-state index is 0.164. The third-order valence-corrected chi connectivity index (χ3v) is 6.82. The van der Waals surface area contributed by atoms with Crippen LogP contribution in [-0.4, -0.2) is 54.1 Å². The van der Waals surface area contributed by atoms with Gasteiger partial charge in [-0.15, -0.1) is 0 Å². The van der Waals surface area contributed by atoms with Crippen molar-refractivity contribution in [1.29, 1.82) is 0 Å². The van der Waals surface area contributed by atoms with Crippen molar-refractivity contribution in [3.63, 3.8) is 0 Å². The third kappa shape index (κ3) is 4.28. The smallest absolute Gasteiger partial charge is 0.264 e. The number of aliphatic imine (C=N–C) groups is 1. The maximum atomic E-state index is 12.6. The van der Waals surface area contributed by atoms with Crippen LogP contribution < -0.4 is 10.1 Å². The van der Waals surface area contributed by atoms with Gasteiger partial charge >= 0.3 is 0 Å². The number of methoxy groups -OCH3 is 1. The van der Waals surface area contributed by atoms with Crippen LogP contribution in [0.1, 0.15) is 33.8 Å². The quantitative estimate of drug-likeness (QED) is 0.566. The Morgan fingerprint density at radius 2 is 2.03 bits per heavy atom. The molecule has 2 atom stereocenters. The number of nitrogens with zero attached hydrogens (tertiary/aromatic N) is 3. The SMILES string of the molecule is COc1c(C(=O)N(C)C)cnc2ccc(/C=C3\SC(=NC4C[C@H]4c4ccccc4)NC3=O)cc12. The number of pyridine rings is 1. The highest BCUT2D eigenvalue weighted by Crippen LogP contribution is 2.44. The Kier molecular flexibility index (Phi) is 5.83. The fourth-order valence-corrected chi connectivity index (χ4v) is 4.94. The van der Waals surface area contributed by atoms with Crippen LogP contribution in [-0.2, 0) is 4.79 Å². The number of hydrogen-bond acceptors (Lipinski definition) is 6. The molecule has 1 aliphatic heterocycles. The van der Waals surface area contributed by atoms with Crippen LogP contribution in [0.5, 0.6) is 5.75 Å². The highest BCUT2D eigenvalue weighted by Gasteiger charge is 2.39. The first-order valence-corrected chi connectivity index (χ1v) is 11.8. The van der Waals surface area contributed by atoms with Crippen LogP contribution in [0.2, 0.25) is 0 Å². The van der Waals surface area contributed by atoms with Crippen molar-refractivity contribution in [2.24, 2.45) is 4.99 Å². The Morgan fingerprint density at radius 1 is 1.24 bits per heavy atom. The van der Waals surface area contributed by atoms with Crippen molar-refractivity contribution in [3.05, 3.63) is 76.3 Å². The first kappa shape index (κ1) is 22.2. The van der Waals surface area contributed by atoms with Crippen molar-refractivity contribution < 1.29 is 14.3 Å². The Bertz CT molecular complexity index is 1350. The molecule has 7 nitrogen and oxygen atoms in total. The van der Waals surface area contributed by atoms with E-state index in [1.807, 2.05) is 42.5 Å². The van der Waals surface area contributed by atoms with E-state index < -0.39 is 0 Å². The third-order valence-electron chi connectivity index (χ3n) is 5.90. The van der Waals surface area contributed by atoms with Crippen LogP contribution in [0.25, 0.3) is 17.0 Å². The standard InChI is InChI=1S/C26H24N4O3S/c1-30(2)25(32)19-14-27-20-10-9-15(11-18(20)23(19)33-3)12-22-24(31)29-26(34-22)28-21-13-17(21)16-7-5-4-6-8-16/h4-12,14,17,21H,13H2,1-3H3,(H,28,29,31)/b22-12-/t17-,21?/m0/s1. The molecule has 0 radical (unpaired) electrons. The molecule has 0 bridgehead atoms. The molecular formula is C26H24N4O3S. The second-order valence-corrected chi connectivity index (χ2v) is 9.53. The predicted molar refractivity (Wildman–Crippen MR) is 135 cm³/mol. The van der Waals surface area contributed by atoms with E-state index in [-0.39, 0.29) is 17.9 Å². The van der Waals surface area contributed by atoms with Gasteiger partial charge in [0.2, 0.25) is 0 Å². The number of amides is 2. The lowest BCUT2D eigenvalue weighted by atomic mass is 10.1. The monoisotopic (exact) mass is 472 g/mol. The molecule has 2 amide bonds. The summed E-state index contributed by atoms with van der Waals surface area (Å²) in [7, 11) is 4.91. The average Bonchev–Trinajstić information content (AvgIpc) is 3.53. The largest absolute Gasteiger partial charge is 0.495 e. The molecule has 1 saturated heterocycles. The fourth-order valence-electron chi connectivity index (χ4n) is 4.06. The Morgan fingerprint density at radius 3 is 2.76 bits per heavy atom. The van der Waals surface area contributed by atoms with Gasteiger partial charge in [0.1, 0.15) is 11.3 Å². The summed E-state index contributed by atoms with van der Waals surface area (Å²) in [6.07, 6.45) is 4.35.